The normalized spacial score (nSPS) is 16.7. The monoisotopic (exact) mass is 446 g/mol. The fraction of sp³-hybridized carbons (Fsp3) is 0.308. The molecule has 0 radical (unpaired) electrons. The minimum Gasteiger partial charge on any atom is -0.368 e. The second kappa shape index (κ2) is 9.21. The summed E-state index contributed by atoms with van der Waals surface area (Å²) in [6.45, 7) is 4.20. The molecule has 5 rings (SSSR count). The van der Waals surface area contributed by atoms with Gasteiger partial charge in [-0.05, 0) is 59.9 Å². The third kappa shape index (κ3) is 5.05. The third-order valence-corrected chi connectivity index (χ3v) is 6.37. The van der Waals surface area contributed by atoms with Crippen LogP contribution in [0.2, 0.25) is 5.02 Å². The van der Waals surface area contributed by atoms with Crippen molar-refractivity contribution in [2.45, 2.75) is 19.4 Å². The van der Waals surface area contributed by atoms with Crippen molar-refractivity contribution in [1.82, 2.24) is 14.5 Å². The van der Waals surface area contributed by atoms with Gasteiger partial charge in [-0.2, -0.15) is 0 Å². The summed E-state index contributed by atoms with van der Waals surface area (Å²) < 4.78 is 2.03. The molecule has 0 unspecified atom stereocenters. The van der Waals surface area contributed by atoms with Crippen LogP contribution < -0.4 is 4.90 Å². The molecular weight excluding hydrogens is 420 g/mol. The number of halogens is 1. The van der Waals surface area contributed by atoms with Crippen molar-refractivity contribution in [2.24, 2.45) is 5.92 Å². The van der Waals surface area contributed by atoms with Gasteiger partial charge in [-0.3, -0.25) is 4.79 Å². The fourth-order valence-electron chi connectivity index (χ4n) is 4.22. The van der Waals surface area contributed by atoms with Crippen LogP contribution >= 0.6 is 11.6 Å². The highest BCUT2D eigenvalue weighted by Gasteiger charge is 2.34. The number of carbonyl (C=O) groups is 1. The number of anilines is 1. The van der Waals surface area contributed by atoms with Crippen molar-refractivity contribution in [3.8, 4) is 0 Å². The molecule has 6 heteroatoms. The maximum Gasteiger partial charge on any atom is 0.225 e. The second-order valence-electron chi connectivity index (χ2n) is 8.64. The first-order chi connectivity index (χ1) is 15.6. The smallest absolute Gasteiger partial charge is 0.225 e. The third-order valence-electron chi connectivity index (χ3n) is 6.15. The van der Waals surface area contributed by atoms with Gasteiger partial charge in [-0.1, -0.05) is 35.9 Å². The Hall–Kier alpha value is -3.05. The van der Waals surface area contributed by atoms with Crippen LogP contribution in [0.15, 0.2) is 61.2 Å². The van der Waals surface area contributed by atoms with E-state index in [1.807, 2.05) is 34.1 Å². The van der Waals surface area contributed by atoms with Crippen LogP contribution in [-0.4, -0.2) is 46.5 Å². The molecule has 3 aromatic rings. The first-order valence-corrected chi connectivity index (χ1v) is 11.6. The van der Waals surface area contributed by atoms with E-state index >= 15 is 0 Å². The molecule has 1 aliphatic heterocycles. The number of piperazine rings is 1. The van der Waals surface area contributed by atoms with E-state index in [2.05, 4.69) is 52.4 Å². The summed E-state index contributed by atoms with van der Waals surface area (Å²) in [6, 6.07) is 14.7. The molecule has 1 amide bonds. The van der Waals surface area contributed by atoms with Gasteiger partial charge in [0, 0.05) is 61.7 Å². The Morgan fingerprint density at radius 1 is 1.00 bits per heavy atom. The number of amides is 1. The van der Waals surface area contributed by atoms with Gasteiger partial charge >= 0.3 is 0 Å². The van der Waals surface area contributed by atoms with E-state index in [4.69, 9.17) is 11.6 Å². The minimum absolute atomic E-state index is 0.314. The summed E-state index contributed by atoms with van der Waals surface area (Å²) in [5.41, 5.74) is 4.58. The van der Waals surface area contributed by atoms with Gasteiger partial charge in [0.25, 0.3) is 0 Å². The van der Waals surface area contributed by atoms with E-state index in [1.54, 1.807) is 6.20 Å². The average molecular weight is 447 g/mol. The SMILES string of the molecule is O=C(C1CC1)N1CCN(c2ccc(C=Cc3cc(Cl)cc(Cn4ccnc4)c3)cc2)CC1. The molecule has 0 spiro atoms. The average Bonchev–Trinajstić information content (AvgIpc) is 3.54. The number of carbonyl (C=O) groups excluding carboxylic acids is 1. The lowest BCUT2D eigenvalue weighted by atomic mass is 10.1. The Bertz CT molecular complexity index is 1100. The van der Waals surface area contributed by atoms with Crippen molar-refractivity contribution >= 4 is 35.3 Å². The number of hydrogen-bond donors (Lipinski definition) is 0. The predicted octanol–water partition coefficient (Wildman–Crippen LogP) is 4.81. The van der Waals surface area contributed by atoms with Gasteiger partial charge in [0.15, 0.2) is 0 Å². The maximum absolute atomic E-state index is 12.2. The molecule has 32 heavy (non-hydrogen) atoms. The van der Waals surface area contributed by atoms with Crippen LogP contribution in [0.1, 0.15) is 29.5 Å². The number of aromatic nitrogens is 2. The second-order valence-corrected chi connectivity index (χ2v) is 9.08. The molecule has 0 N–H and O–H groups in total. The Morgan fingerprint density at radius 3 is 2.44 bits per heavy atom. The van der Waals surface area contributed by atoms with Crippen LogP contribution in [0.25, 0.3) is 12.2 Å². The molecule has 1 aromatic heterocycles. The molecule has 0 bridgehead atoms. The molecular formula is C26H27ClN4O. The summed E-state index contributed by atoms with van der Waals surface area (Å²) in [5, 5.41) is 0.733. The summed E-state index contributed by atoms with van der Waals surface area (Å²) in [4.78, 5) is 20.7. The first kappa shape index (κ1) is 20.8. The molecule has 1 aliphatic carbocycles. The number of hydrogen-bond acceptors (Lipinski definition) is 3. The largest absolute Gasteiger partial charge is 0.368 e. The lowest BCUT2D eigenvalue weighted by molar-refractivity contribution is -0.132. The highest BCUT2D eigenvalue weighted by molar-refractivity contribution is 6.30. The molecule has 1 saturated heterocycles. The summed E-state index contributed by atoms with van der Waals surface area (Å²) in [5.74, 6) is 0.674. The summed E-state index contributed by atoms with van der Waals surface area (Å²) >= 11 is 6.34. The van der Waals surface area contributed by atoms with Crippen LogP contribution in [0.5, 0.6) is 0 Å². The zero-order valence-corrected chi connectivity index (χ0v) is 18.8. The van der Waals surface area contributed by atoms with E-state index in [-0.39, 0.29) is 0 Å². The van der Waals surface area contributed by atoms with Crippen LogP contribution in [0.4, 0.5) is 5.69 Å². The fourth-order valence-corrected chi connectivity index (χ4v) is 4.48. The van der Waals surface area contributed by atoms with E-state index in [9.17, 15) is 4.79 Å². The Labute approximate surface area is 193 Å². The van der Waals surface area contributed by atoms with Gasteiger partial charge in [0.2, 0.25) is 5.91 Å². The zero-order chi connectivity index (χ0) is 21.9. The summed E-state index contributed by atoms with van der Waals surface area (Å²) in [7, 11) is 0. The Balaban J connectivity index is 1.20. The molecule has 1 saturated carbocycles. The van der Waals surface area contributed by atoms with Gasteiger partial charge < -0.3 is 14.4 Å². The number of benzene rings is 2. The molecule has 2 aliphatic rings. The first-order valence-electron chi connectivity index (χ1n) is 11.2. The molecule has 0 atom stereocenters. The van der Waals surface area contributed by atoms with E-state index < -0.39 is 0 Å². The van der Waals surface area contributed by atoms with E-state index in [0.29, 0.717) is 11.8 Å². The Morgan fingerprint density at radius 2 is 1.75 bits per heavy atom. The summed E-state index contributed by atoms with van der Waals surface area (Å²) in [6.07, 6.45) is 11.9. The lowest BCUT2D eigenvalue weighted by Crippen LogP contribution is -2.49. The van der Waals surface area contributed by atoms with Gasteiger partial charge in [0.1, 0.15) is 0 Å². The quantitative estimate of drug-likeness (QED) is 0.510. The van der Waals surface area contributed by atoms with Crippen molar-refractivity contribution < 1.29 is 4.79 Å². The van der Waals surface area contributed by atoms with E-state index in [0.717, 1.165) is 67.3 Å². The number of nitrogens with zero attached hydrogens (tertiary/aromatic N) is 4. The van der Waals surface area contributed by atoms with Gasteiger partial charge in [-0.15, -0.1) is 0 Å². The minimum atomic E-state index is 0.314. The van der Waals surface area contributed by atoms with E-state index in [1.165, 1.54) is 5.69 Å². The number of imidazole rings is 1. The predicted molar refractivity (Wildman–Crippen MR) is 130 cm³/mol. The Kier molecular flexibility index (Phi) is 5.99. The van der Waals surface area contributed by atoms with Crippen LogP contribution in [0, 0.1) is 5.92 Å². The molecule has 2 fully saturated rings. The molecule has 2 aromatic carbocycles. The number of rotatable bonds is 6. The molecule has 2 heterocycles. The lowest BCUT2D eigenvalue weighted by Gasteiger charge is -2.36. The zero-order valence-electron chi connectivity index (χ0n) is 18.0. The van der Waals surface area contributed by atoms with Crippen molar-refractivity contribution in [1.29, 1.82) is 0 Å². The van der Waals surface area contributed by atoms with Gasteiger partial charge in [0.05, 0.1) is 6.33 Å². The highest BCUT2D eigenvalue weighted by atomic mass is 35.5. The molecule has 164 valence electrons. The van der Waals surface area contributed by atoms with Crippen molar-refractivity contribution in [3.63, 3.8) is 0 Å². The molecule has 5 nitrogen and oxygen atoms in total. The van der Waals surface area contributed by atoms with Gasteiger partial charge in [-0.25, -0.2) is 4.98 Å². The van der Waals surface area contributed by atoms with Crippen molar-refractivity contribution in [2.75, 3.05) is 31.1 Å². The topological polar surface area (TPSA) is 41.4 Å². The van der Waals surface area contributed by atoms with Crippen LogP contribution in [-0.2, 0) is 11.3 Å². The maximum atomic E-state index is 12.2. The van der Waals surface area contributed by atoms with Crippen LogP contribution in [0.3, 0.4) is 0 Å². The standard InChI is InChI=1S/C26H27ClN4O/c27-24-16-21(15-22(17-24)18-29-10-9-28-19-29)2-1-20-3-7-25(8-4-20)30-11-13-31(14-12-30)26(32)23-5-6-23/h1-4,7-10,15-17,19,23H,5-6,11-14,18H2. The highest BCUT2D eigenvalue weighted by Crippen LogP contribution is 2.31. The van der Waals surface area contributed by atoms with Crippen molar-refractivity contribution in [3.05, 3.63) is 82.9 Å².